The lowest BCUT2D eigenvalue weighted by Crippen LogP contribution is -2.28. The Morgan fingerprint density at radius 2 is 1.88 bits per heavy atom. The molecule has 2 aromatic rings. The van der Waals surface area contributed by atoms with E-state index in [-0.39, 0.29) is 5.60 Å². The molecule has 0 fully saturated rings. The summed E-state index contributed by atoms with van der Waals surface area (Å²) in [5.74, 6) is 1.40. The van der Waals surface area contributed by atoms with E-state index < -0.39 is 0 Å². The van der Waals surface area contributed by atoms with Crippen LogP contribution in [-0.2, 0) is 22.5 Å². The van der Waals surface area contributed by atoms with Crippen LogP contribution in [-0.4, -0.2) is 35.5 Å². The van der Waals surface area contributed by atoms with E-state index in [4.69, 9.17) is 9.15 Å². The number of carbonyl (C=O) groups excluding carboxylic acids is 1. The average molecular weight is 342 g/mol. The first kappa shape index (κ1) is 18.9. The summed E-state index contributed by atoms with van der Waals surface area (Å²) in [6.45, 7) is 7.29. The van der Waals surface area contributed by atoms with Crippen molar-refractivity contribution in [3.8, 4) is 0 Å². The summed E-state index contributed by atoms with van der Waals surface area (Å²) >= 11 is 0. The van der Waals surface area contributed by atoms with Crippen LogP contribution in [0.2, 0.25) is 0 Å². The van der Waals surface area contributed by atoms with Gasteiger partial charge in [0, 0.05) is 26.2 Å². The molecule has 0 aliphatic carbocycles. The number of hydrogen-bond donors (Lipinski definition) is 0. The van der Waals surface area contributed by atoms with E-state index in [2.05, 4.69) is 4.98 Å². The molecular weight excluding hydrogens is 316 g/mol. The van der Waals surface area contributed by atoms with Gasteiger partial charge in [-0.1, -0.05) is 30.3 Å². The van der Waals surface area contributed by atoms with Crippen molar-refractivity contribution < 1.29 is 13.9 Å². The highest BCUT2D eigenvalue weighted by molar-refractivity contribution is 5.66. The van der Waals surface area contributed by atoms with Gasteiger partial charge in [0.1, 0.15) is 5.76 Å². The highest BCUT2D eigenvalue weighted by Gasteiger charge is 2.20. The number of aromatic nitrogens is 1. The van der Waals surface area contributed by atoms with Crippen molar-refractivity contribution in [2.24, 2.45) is 0 Å². The van der Waals surface area contributed by atoms with Crippen molar-refractivity contribution in [3.63, 3.8) is 0 Å². The largest absolute Gasteiger partial charge is 0.440 e. The lowest BCUT2D eigenvalue weighted by atomic mass is 10.2. The van der Waals surface area contributed by atoms with E-state index in [1.54, 1.807) is 12.0 Å². The lowest BCUT2D eigenvalue weighted by Gasteiger charge is -2.19. The fourth-order valence-corrected chi connectivity index (χ4v) is 2.13. The Kier molecular flexibility index (Phi) is 6.53. The van der Waals surface area contributed by atoms with Crippen molar-refractivity contribution in [2.45, 2.75) is 39.3 Å². The minimum atomic E-state index is 0.0417. The maximum Gasteiger partial charge on any atom is 0.219 e. The number of carbonyl (C=O) groups is 1. The van der Waals surface area contributed by atoms with Crippen LogP contribution >= 0.6 is 0 Å². The Bertz CT molecular complexity index is 699. The summed E-state index contributed by atoms with van der Waals surface area (Å²) < 4.78 is 10.6. The monoisotopic (exact) mass is 342 g/mol. The van der Waals surface area contributed by atoms with Crippen molar-refractivity contribution in [2.75, 3.05) is 13.7 Å². The fourth-order valence-electron chi connectivity index (χ4n) is 2.13. The average Bonchev–Trinajstić information content (AvgIpc) is 3.02. The third-order valence-corrected chi connectivity index (χ3v) is 3.76. The van der Waals surface area contributed by atoms with Crippen LogP contribution < -0.4 is 0 Å². The molecule has 0 saturated heterocycles. The van der Waals surface area contributed by atoms with Gasteiger partial charge in [-0.25, -0.2) is 4.98 Å². The number of methoxy groups -OCH3 is 1. The molecule has 1 aliphatic heterocycles. The van der Waals surface area contributed by atoms with Gasteiger partial charge in [-0.2, -0.15) is 0 Å². The van der Waals surface area contributed by atoms with Crippen LogP contribution in [0.3, 0.4) is 0 Å². The number of ether oxygens (including phenoxy) is 1. The predicted molar refractivity (Wildman–Crippen MR) is 98.8 cm³/mol. The number of nitrogens with zero attached hydrogens (tertiary/aromatic N) is 2. The van der Waals surface area contributed by atoms with Crippen LogP contribution in [0, 0.1) is 0 Å². The Balaban J connectivity index is 0.000000326. The maximum atomic E-state index is 10.7. The molecule has 0 spiro atoms. The molecule has 1 aromatic carbocycles. The van der Waals surface area contributed by atoms with Gasteiger partial charge in [0.15, 0.2) is 0 Å². The number of fused-ring (bicyclic) bond motifs is 1. The van der Waals surface area contributed by atoms with Gasteiger partial charge < -0.3 is 14.1 Å². The molecule has 1 aliphatic rings. The Morgan fingerprint density at radius 1 is 1.20 bits per heavy atom. The van der Waals surface area contributed by atoms with E-state index in [1.165, 1.54) is 0 Å². The molecule has 0 radical (unpaired) electrons. The van der Waals surface area contributed by atoms with E-state index >= 15 is 0 Å². The molecule has 1 amide bonds. The minimum absolute atomic E-state index is 0.0417. The summed E-state index contributed by atoms with van der Waals surface area (Å²) in [5, 5.41) is 0. The number of benzene rings is 1. The van der Waals surface area contributed by atoms with Crippen molar-refractivity contribution in [3.05, 3.63) is 53.2 Å². The Hall–Kier alpha value is -2.40. The normalized spacial score (nSPS) is 14.0. The second-order valence-electron chi connectivity index (χ2n) is 6.81. The Labute approximate surface area is 149 Å². The molecule has 5 heteroatoms. The standard InChI is InChI=1S/C15H14N2O2.C5H12O/c18-11-17-9-8-13-14(10-17)19-15(16-13)7-6-12-4-2-1-3-5-12;1-5(2,3)6-4/h1-7,11H,8-10H2;1-4H3/b7-6+;. The van der Waals surface area contributed by atoms with Gasteiger partial charge in [-0.3, -0.25) is 4.79 Å². The zero-order valence-electron chi connectivity index (χ0n) is 15.4. The molecule has 134 valence electrons. The van der Waals surface area contributed by atoms with Gasteiger partial charge in [0.2, 0.25) is 12.3 Å². The topological polar surface area (TPSA) is 55.6 Å². The third kappa shape index (κ3) is 6.19. The first-order chi connectivity index (χ1) is 11.9. The maximum absolute atomic E-state index is 10.7. The third-order valence-electron chi connectivity index (χ3n) is 3.76. The van der Waals surface area contributed by atoms with E-state index in [9.17, 15) is 4.79 Å². The number of rotatable bonds is 3. The van der Waals surface area contributed by atoms with Gasteiger partial charge in [-0.05, 0) is 32.4 Å². The highest BCUT2D eigenvalue weighted by atomic mass is 16.5. The van der Waals surface area contributed by atoms with Crippen LogP contribution in [0.4, 0.5) is 0 Å². The SMILES string of the molecule is COC(C)(C)C.O=CN1CCc2nc(/C=C/c3ccccc3)oc2C1. The molecule has 3 rings (SSSR count). The summed E-state index contributed by atoms with van der Waals surface area (Å²) in [5.41, 5.74) is 2.11. The summed E-state index contributed by atoms with van der Waals surface area (Å²) in [7, 11) is 1.71. The van der Waals surface area contributed by atoms with Gasteiger partial charge in [0.05, 0.1) is 17.8 Å². The first-order valence-corrected chi connectivity index (χ1v) is 8.37. The second kappa shape index (κ2) is 8.62. The quantitative estimate of drug-likeness (QED) is 0.796. The zero-order chi connectivity index (χ0) is 18.3. The first-order valence-electron chi connectivity index (χ1n) is 8.37. The molecule has 0 atom stereocenters. The van der Waals surface area contributed by atoms with Gasteiger partial charge in [0.25, 0.3) is 0 Å². The number of hydrogen-bond acceptors (Lipinski definition) is 4. The van der Waals surface area contributed by atoms with E-state index in [0.717, 1.165) is 29.8 Å². The van der Waals surface area contributed by atoms with Gasteiger partial charge >= 0.3 is 0 Å². The molecule has 5 nitrogen and oxygen atoms in total. The summed E-state index contributed by atoms with van der Waals surface area (Å²) in [6, 6.07) is 10.0. The summed E-state index contributed by atoms with van der Waals surface area (Å²) in [4.78, 5) is 16.9. The molecule has 2 heterocycles. The molecular formula is C20H26N2O3. The van der Waals surface area contributed by atoms with Crippen LogP contribution in [0.15, 0.2) is 34.7 Å². The Morgan fingerprint density at radius 3 is 2.48 bits per heavy atom. The predicted octanol–water partition coefficient (Wildman–Crippen LogP) is 3.79. The van der Waals surface area contributed by atoms with E-state index in [1.807, 2.05) is 63.3 Å². The van der Waals surface area contributed by atoms with Crippen molar-refractivity contribution >= 4 is 18.6 Å². The zero-order valence-corrected chi connectivity index (χ0v) is 15.4. The smallest absolute Gasteiger partial charge is 0.219 e. The van der Waals surface area contributed by atoms with Crippen molar-refractivity contribution in [1.29, 1.82) is 0 Å². The molecule has 0 bridgehead atoms. The second-order valence-corrected chi connectivity index (χ2v) is 6.81. The lowest BCUT2D eigenvalue weighted by molar-refractivity contribution is -0.119. The highest BCUT2D eigenvalue weighted by Crippen LogP contribution is 2.20. The number of amides is 1. The molecule has 1 aromatic heterocycles. The number of oxazole rings is 1. The summed E-state index contributed by atoms with van der Waals surface area (Å²) in [6.07, 6.45) is 5.44. The molecule has 25 heavy (non-hydrogen) atoms. The van der Waals surface area contributed by atoms with E-state index in [0.29, 0.717) is 19.0 Å². The molecule has 0 N–H and O–H groups in total. The fraction of sp³-hybridized carbons (Fsp3) is 0.400. The minimum Gasteiger partial charge on any atom is -0.440 e. The van der Waals surface area contributed by atoms with Crippen LogP contribution in [0.1, 0.15) is 43.7 Å². The molecule has 0 unspecified atom stereocenters. The van der Waals surface area contributed by atoms with Crippen molar-refractivity contribution in [1.82, 2.24) is 9.88 Å². The molecule has 0 saturated carbocycles. The van der Waals surface area contributed by atoms with Crippen LogP contribution in [0.25, 0.3) is 12.2 Å². The van der Waals surface area contributed by atoms with Gasteiger partial charge in [-0.15, -0.1) is 0 Å². The van der Waals surface area contributed by atoms with Crippen LogP contribution in [0.5, 0.6) is 0 Å².